The number of hydrogen-bond acceptors (Lipinski definition) is 7. The fourth-order valence-electron chi connectivity index (χ4n) is 5.20. The highest BCUT2D eigenvalue weighted by atomic mass is 16.6. The van der Waals surface area contributed by atoms with Crippen molar-refractivity contribution >= 4 is 22.9 Å². The summed E-state index contributed by atoms with van der Waals surface area (Å²) in [5.41, 5.74) is 2.40. The van der Waals surface area contributed by atoms with Crippen molar-refractivity contribution in [2.75, 3.05) is 40.3 Å². The van der Waals surface area contributed by atoms with E-state index >= 15 is 0 Å². The number of rotatable bonds is 11. The van der Waals surface area contributed by atoms with Crippen molar-refractivity contribution in [2.24, 2.45) is 11.8 Å². The van der Waals surface area contributed by atoms with Crippen LogP contribution in [-0.4, -0.2) is 72.8 Å². The molecule has 0 spiro atoms. The smallest absolute Gasteiger partial charge is 0.407 e. The molecule has 0 saturated heterocycles. The van der Waals surface area contributed by atoms with Gasteiger partial charge in [0.05, 0.1) is 23.4 Å². The van der Waals surface area contributed by atoms with E-state index in [0.717, 1.165) is 55.1 Å². The van der Waals surface area contributed by atoms with Crippen LogP contribution in [0.4, 0.5) is 4.79 Å². The molecule has 1 aliphatic carbocycles. The molecule has 0 unspecified atom stereocenters. The fraction of sp³-hybridized carbons (Fsp3) is 0.515. The van der Waals surface area contributed by atoms with Gasteiger partial charge in [-0.1, -0.05) is 18.2 Å². The first-order chi connectivity index (χ1) is 20.1. The molecule has 42 heavy (non-hydrogen) atoms. The second kappa shape index (κ2) is 14.4. The minimum Gasteiger partial charge on any atom is -0.478 e. The van der Waals surface area contributed by atoms with Gasteiger partial charge in [-0.05, 0) is 97.0 Å². The van der Waals surface area contributed by atoms with E-state index in [1.807, 2.05) is 77.3 Å². The topological polar surface area (TPSA) is 106 Å². The Morgan fingerprint density at radius 2 is 1.67 bits per heavy atom. The van der Waals surface area contributed by atoms with Gasteiger partial charge in [0.25, 0.3) is 5.91 Å². The maximum Gasteiger partial charge on any atom is 0.407 e. The van der Waals surface area contributed by atoms with Gasteiger partial charge >= 0.3 is 6.09 Å². The predicted octanol–water partition coefficient (Wildman–Crippen LogP) is 5.69. The maximum atomic E-state index is 13.5. The van der Waals surface area contributed by atoms with Gasteiger partial charge in [-0.3, -0.25) is 4.79 Å². The van der Waals surface area contributed by atoms with Gasteiger partial charge in [0.2, 0.25) is 5.88 Å². The number of ether oxygens (including phenoxy) is 2. The van der Waals surface area contributed by atoms with Crippen LogP contribution in [0.3, 0.4) is 0 Å². The first-order valence-electron chi connectivity index (χ1n) is 15.0. The summed E-state index contributed by atoms with van der Waals surface area (Å²) in [6.07, 6.45) is 6.36. The highest BCUT2D eigenvalue weighted by molar-refractivity contribution is 6.07. The number of nitrogens with zero attached hydrogens (tertiary/aromatic N) is 3. The quantitative estimate of drug-likeness (QED) is 0.283. The van der Waals surface area contributed by atoms with E-state index in [2.05, 4.69) is 20.5 Å². The van der Waals surface area contributed by atoms with E-state index < -0.39 is 5.60 Å². The number of carbonyl (C=O) groups is 2. The van der Waals surface area contributed by atoms with Crippen molar-refractivity contribution in [3.63, 3.8) is 0 Å². The Kier molecular flexibility index (Phi) is 10.7. The Labute approximate surface area is 249 Å². The lowest BCUT2D eigenvalue weighted by atomic mass is 9.82. The number of para-hydroxylation sites is 1. The van der Waals surface area contributed by atoms with E-state index in [4.69, 9.17) is 14.5 Å². The Morgan fingerprint density at radius 3 is 2.31 bits per heavy atom. The van der Waals surface area contributed by atoms with Crippen LogP contribution >= 0.6 is 0 Å². The zero-order valence-corrected chi connectivity index (χ0v) is 25.6. The number of benzene rings is 1. The summed E-state index contributed by atoms with van der Waals surface area (Å²) in [6, 6.07) is 13.4. The molecule has 3 aromatic rings. The van der Waals surface area contributed by atoms with Crippen LogP contribution in [-0.2, 0) is 4.74 Å². The molecule has 0 bridgehead atoms. The first kappa shape index (κ1) is 31.2. The molecule has 226 valence electrons. The normalized spacial score (nSPS) is 17.2. The van der Waals surface area contributed by atoms with Crippen molar-refractivity contribution < 1.29 is 19.1 Å². The van der Waals surface area contributed by atoms with Crippen LogP contribution in [0, 0.1) is 11.8 Å². The molecule has 2 aromatic heterocycles. The summed E-state index contributed by atoms with van der Waals surface area (Å²) < 4.78 is 11.1. The Balaban J connectivity index is 1.33. The minimum atomic E-state index is -0.497. The zero-order valence-electron chi connectivity index (χ0n) is 25.6. The third-order valence-electron chi connectivity index (χ3n) is 7.44. The Bertz CT molecular complexity index is 1330. The number of alkyl carbamates (subject to hydrolysis) is 1. The third-order valence-corrected chi connectivity index (χ3v) is 7.44. The van der Waals surface area contributed by atoms with Crippen LogP contribution in [0.25, 0.3) is 22.2 Å². The molecule has 2 heterocycles. The average molecular weight is 576 g/mol. The summed E-state index contributed by atoms with van der Waals surface area (Å²) in [5, 5.41) is 6.90. The van der Waals surface area contributed by atoms with Gasteiger partial charge < -0.3 is 25.0 Å². The standard InChI is InChI=1S/C33H45N5O4/c1-33(2,3)42-32(40)36-21-24-13-11-23(12-14-24)20-35-31(39)27-19-29(37-28-10-7-6-9-26(27)28)25-15-16-30(34-22-25)41-18-8-17-38(4)5/h6-7,9-10,15-16,19,22-24H,8,11-14,17-18,20-21H2,1-5H3,(H,35,39)(H,36,40)/t23-,24-. The molecule has 1 saturated carbocycles. The predicted molar refractivity (Wildman–Crippen MR) is 166 cm³/mol. The number of aromatic nitrogens is 2. The van der Waals surface area contributed by atoms with E-state index in [1.54, 1.807) is 6.20 Å². The molecule has 4 rings (SSSR count). The van der Waals surface area contributed by atoms with Gasteiger partial charge in [0.15, 0.2) is 0 Å². The molecule has 2 amide bonds. The van der Waals surface area contributed by atoms with E-state index in [1.165, 1.54) is 0 Å². The van der Waals surface area contributed by atoms with E-state index in [9.17, 15) is 9.59 Å². The fourth-order valence-corrected chi connectivity index (χ4v) is 5.20. The summed E-state index contributed by atoms with van der Waals surface area (Å²) >= 11 is 0. The van der Waals surface area contributed by atoms with E-state index in [-0.39, 0.29) is 12.0 Å². The molecule has 1 aromatic carbocycles. The molecular formula is C33H45N5O4. The van der Waals surface area contributed by atoms with Gasteiger partial charge in [-0.15, -0.1) is 0 Å². The largest absolute Gasteiger partial charge is 0.478 e. The van der Waals surface area contributed by atoms with Crippen molar-refractivity contribution in [3.05, 3.63) is 54.2 Å². The maximum absolute atomic E-state index is 13.5. The molecular weight excluding hydrogens is 530 g/mol. The lowest BCUT2D eigenvalue weighted by Crippen LogP contribution is -2.37. The molecule has 9 nitrogen and oxygen atoms in total. The summed E-state index contributed by atoms with van der Waals surface area (Å²) in [4.78, 5) is 36.8. The lowest BCUT2D eigenvalue weighted by molar-refractivity contribution is 0.0512. The number of amides is 2. The second-order valence-electron chi connectivity index (χ2n) is 12.4. The first-order valence-corrected chi connectivity index (χ1v) is 15.0. The van der Waals surface area contributed by atoms with Crippen molar-refractivity contribution in [1.29, 1.82) is 0 Å². The average Bonchev–Trinajstić information content (AvgIpc) is 2.96. The molecule has 2 N–H and O–H groups in total. The van der Waals surface area contributed by atoms with Crippen LogP contribution in [0.1, 0.15) is 63.2 Å². The van der Waals surface area contributed by atoms with Crippen LogP contribution in [0.5, 0.6) is 5.88 Å². The van der Waals surface area contributed by atoms with Crippen molar-refractivity contribution in [1.82, 2.24) is 25.5 Å². The number of nitrogens with one attached hydrogen (secondary N) is 2. The number of fused-ring (bicyclic) bond motifs is 1. The molecule has 1 fully saturated rings. The summed E-state index contributed by atoms with van der Waals surface area (Å²) in [5.74, 6) is 1.32. The molecule has 1 aliphatic rings. The lowest BCUT2D eigenvalue weighted by Gasteiger charge is -2.29. The summed E-state index contributed by atoms with van der Waals surface area (Å²) in [7, 11) is 4.08. The second-order valence-corrected chi connectivity index (χ2v) is 12.4. The number of pyridine rings is 2. The van der Waals surface area contributed by atoms with Crippen LogP contribution in [0.15, 0.2) is 48.7 Å². The Hall–Kier alpha value is -3.72. The molecule has 0 radical (unpaired) electrons. The van der Waals surface area contributed by atoms with Gasteiger partial charge in [0.1, 0.15) is 5.60 Å². The molecule has 0 atom stereocenters. The number of carbonyl (C=O) groups excluding carboxylic acids is 2. The van der Waals surface area contributed by atoms with Gasteiger partial charge in [-0.2, -0.15) is 0 Å². The monoisotopic (exact) mass is 575 g/mol. The highest BCUT2D eigenvalue weighted by Gasteiger charge is 2.24. The van der Waals surface area contributed by atoms with Gasteiger partial charge in [-0.25, -0.2) is 14.8 Å². The van der Waals surface area contributed by atoms with Crippen LogP contribution < -0.4 is 15.4 Å². The highest BCUT2D eigenvalue weighted by Crippen LogP contribution is 2.29. The van der Waals surface area contributed by atoms with Crippen molar-refractivity contribution in [3.8, 4) is 17.1 Å². The third kappa shape index (κ3) is 9.41. The van der Waals surface area contributed by atoms with Crippen LogP contribution in [0.2, 0.25) is 0 Å². The number of hydrogen-bond donors (Lipinski definition) is 2. The van der Waals surface area contributed by atoms with Gasteiger partial charge in [0, 0.05) is 42.8 Å². The molecule has 0 aliphatic heterocycles. The Morgan fingerprint density at radius 1 is 0.976 bits per heavy atom. The van der Waals surface area contributed by atoms with Crippen molar-refractivity contribution in [2.45, 2.75) is 58.5 Å². The SMILES string of the molecule is CN(C)CCCOc1ccc(-c2cc(C(=O)NC[C@H]3CC[C@H](CNC(=O)OC(C)(C)C)CC3)c3ccccc3n2)cn1. The zero-order chi connectivity index (χ0) is 30.1. The summed E-state index contributed by atoms with van der Waals surface area (Å²) in [6.45, 7) is 8.39. The molecule has 9 heteroatoms. The minimum absolute atomic E-state index is 0.0997. The van der Waals surface area contributed by atoms with E-state index in [0.29, 0.717) is 48.7 Å².